The molecule has 0 amide bonds. The lowest BCUT2D eigenvalue weighted by atomic mass is 10.6. The fourth-order valence-electron chi connectivity index (χ4n) is 0.821. The Morgan fingerprint density at radius 3 is 2.10 bits per heavy atom. The van der Waals surface area contributed by atoms with Gasteiger partial charge in [-0.25, -0.2) is 0 Å². The second-order valence-corrected chi connectivity index (χ2v) is 2.20. The zero-order valence-corrected chi connectivity index (χ0v) is 7.39. The lowest BCUT2D eigenvalue weighted by Gasteiger charge is -1.99. The smallest absolute Gasteiger partial charge is 0.291 e. The van der Waals surface area contributed by atoms with Crippen LogP contribution in [0.5, 0.6) is 0 Å². The third-order valence-corrected chi connectivity index (χ3v) is 1.55. The normalized spacial score (nSPS) is 17.0. The van der Waals surface area contributed by atoms with Gasteiger partial charge < -0.3 is 0 Å². The molecule has 0 spiro atoms. The van der Waals surface area contributed by atoms with Gasteiger partial charge in [-0.05, 0) is 0 Å². The third-order valence-electron chi connectivity index (χ3n) is 1.55. The lowest BCUT2D eigenvalue weighted by Crippen LogP contribution is -2.32. The molecule has 0 aromatic heterocycles. The van der Waals surface area contributed by atoms with Crippen molar-refractivity contribution in [3.63, 3.8) is 0 Å². The van der Waals surface area contributed by atoms with Gasteiger partial charge >= 0.3 is 5.96 Å². The van der Waals surface area contributed by atoms with Gasteiger partial charge in [0.05, 0.1) is 27.2 Å². The van der Waals surface area contributed by atoms with Crippen LogP contribution in [0.2, 0.25) is 0 Å². The van der Waals surface area contributed by atoms with Crippen LogP contribution in [0, 0.1) is 0 Å². The van der Waals surface area contributed by atoms with Crippen molar-refractivity contribution in [3.05, 3.63) is 0 Å². The second kappa shape index (κ2) is 4.14. The molecule has 0 radical (unpaired) electrons. The summed E-state index contributed by atoms with van der Waals surface area (Å²) >= 11 is 0. The first-order valence-electron chi connectivity index (χ1n) is 3.76. The van der Waals surface area contributed by atoms with Gasteiger partial charge in [0, 0.05) is 0 Å². The molecule has 0 fully saturated rings. The fourth-order valence-corrected chi connectivity index (χ4v) is 0.821. The van der Waals surface area contributed by atoms with Crippen molar-refractivity contribution in [2.24, 2.45) is 5.73 Å². The van der Waals surface area contributed by atoms with Gasteiger partial charge in [0.2, 0.25) is 0 Å². The number of nitrogens with zero attached hydrogens (tertiary/aromatic N) is 2. The number of hydrogen-bond donors (Lipinski definition) is 1. The van der Waals surface area contributed by atoms with E-state index in [1.54, 1.807) is 0 Å². The largest absolute Gasteiger partial charge is 0.345 e. The molecular weight excluding hydrogens is 126 g/mol. The summed E-state index contributed by atoms with van der Waals surface area (Å²) in [5, 5.41) is 0. The SMILES string of the molecule is CC.CN1CC[N+](C)=C1N. The first-order valence-corrected chi connectivity index (χ1v) is 3.76. The van der Waals surface area contributed by atoms with Crippen LogP contribution in [0.3, 0.4) is 0 Å². The standard InChI is InChI=1S/C5H11N3.C2H6/c1-7-3-4-8(2)5(7)6;1-2/h6H,3-4H2,1-2H3;1-2H3/p+1. The van der Waals surface area contributed by atoms with Crippen molar-refractivity contribution in [1.82, 2.24) is 4.90 Å². The van der Waals surface area contributed by atoms with Gasteiger partial charge in [-0.3, -0.25) is 15.2 Å². The first kappa shape index (κ1) is 9.27. The van der Waals surface area contributed by atoms with E-state index in [9.17, 15) is 0 Å². The van der Waals surface area contributed by atoms with Crippen LogP contribution in [-0.4, -0.2) is 42.6 Å². The van der Waals surface area contributed by atoms with E-state index in [0.717, 1.165) is 19.0 Å². The number of nitrogens with two attached hydrogens (primary N) is 1. The molecular formula is C7H18N3+. The molecule has 1 aliphatic heterocycles. The minimum absolute atomic E-state index is 0.880. The molecule has 0 saturated carbocycles. The van der Waals surface area contributed by atoms with Crippen LogP contribution in [-0.2, 0) is 0 Å². The molecule has 3 nitrogen and oxygen atoms in total. The van der Waals surface area contributed by atoms with Crippen LogP contribution < -0.4 is 5.73 Å². The van der Waals surface area contributed by atoms with Crippen LogP contribution in [0.4, 0.5) is 0 Å². The lowest BCUT2D eigenvalue weighted by molar-refractivity contribution is -0.487. The van der Waals surface area contributed by atoms with Crippen molar-refractivity contribution >= 4 is 5.96 Å². The highest BCUT2D eigenvalue weighted by atomic mass is 15.3. The van der Waals surface area contributed by atoms with E-state index in [4.69, 9.17) is 5.73 Å². The highest BCUT2D eigenvalue weighted by Gasteiger charge is 2.18. The van der Waals surface area contributed by atoms with Gasteiger partial charge in [-0.2, -0.15) is 0 Å². The molecule has 3 heteroatoms. The Labute approximate surface area is 63.1 Å². The number of guanidine groups is 1. The van der Waals surface area contributed by atoms with E-state index < -0.39 is 0 Å². The van der Waals surface area contributed by atoms with Crippen LogP contribution >= 0.6 is 0 Å². The van der Waals surface area contributed by atoms with E-state index in [-0.39, 0.29) is 0 Å². The molecule has 0 bridgehead atoms. The molecule has 60 valence electrons. The highest BCUT2D eigenvalue weighted by molar-refractivity contribution is 5.73. The summed E-state index contributed by atoms with van der Waals surface area (Å²) < 4.78 is 2.04. The minimum atomic E-state index is 0.880. The molecule has 1 aliphatic rings. The van der Waals surface area contributed by atoms with Crippen molar-refractivity contribution in [2.75, 3.05) is 27.2 Å². The Morgan fingerprint density at radius 2 is 2.00 bits per heavy atom. The maximum Gasteiger partial charge on any atom is 0.345 e. The summed E-state index contributed by atoms with van der Waals surface area (Å²) in [7, 11) is 4.00. The Bertz CT molecular complexity index is 129. The Hall–Kier alpha value is -0.730. The summed E-state index contributed by atoms with van der Waals surface area (Å²) in [6, 6.07) is 0. The summed E-state index contributed by atoms with van der Waals surface area (Å²) in [6.07, 6.45) is 0. The fraction of sp³-hybridized carbons (Fsp3) is 0.857. The van der Waals surface area contributed by atoms with E-state index in [2.05, 4.69) is 0 Å². The van der Waals surface area contributed by atoms with Crippen molar-refractivity contribution < 1.29 is 4.58 Å². The number of rotatable bonds is 0. The average Bonchev–Trinajstić information content (AvgIpc) is 2.25. The van der Waals surface area contributed by atoms with E-state index in [0.29, 0.717) is 0 Å². The highest BCUT2D eigenvalue weighted by Crippen LogP contribution is 1.89. The van der Waals surface area contributed by atoms with Crippen molar-refractivity contribution in [2.45, 2.75) is 13.8 Å². The van der Waals surface area contributed by atoms with Crippen molar-refractivity contribution in [3.8, 4) is 0 Å². The second-order valence-electron chi connectivity index (χ2n) is 2.20. The maximum atomic E-state index is 5.59. The van der Waals surface area contributed by atoms with Gasteiger partial charge in [0.25, 0.3) is 0 Å². The van der Waals surface area contributed by atoms with Crippen molar-refractivity contribution in [1.29, 1.82) is 0 Å². The van der Waals surface area contributed by atoms with Gasteiger partial charge in [0.1, 0.15) is 0 Å². The molecule has 0 atom stereocenters. The molecule has 0 aromatic carbocycles. The van der Waals surface area contributed by atoms with E-state index >= 15 is 0 Å². The summed E-state index contributed by atoms with van der Waals surface area (Å²) in [5.41, 5.74) is 5.59. The third kappa shape index (κ3) is 1.90. The molecule has 0 saturated heterocycles. The molecule has 0 unspecified atom stereocenters. The molecule has 2 N–H and O–H groups in total. The Kier molecular flexibility index (Phi) is 3.84. The van der Waals surface area contributed by atoms with Gasteiger partial charge in [-0.15, -0.1) is 0 Å². The van der Waals surface area contributed by atoms with Gasteiger partial charge in [0.15, 0.2) is 0 Å². The molecule has 1 rings (SSSR count). The predicted octanol–water partition coefficient (Wildman–Crippen LogP) is -0.0850. The molecule has 0 aliphatic carbocycles. The quantitative estimate of drug-likeness (QED) is 0.482. The van der Waals surface area contributed by atoms with E-state index in [1.807, 2.05) is 37.4 Å². The minimum Gasteiger partial charge on any atom is -0.291 e. The topological polar surface area (TPSA) is 32.3 Å². The maximum absolute atomic E-state index is 5.59. The average molecular weight is 144 g/mol. The Morgan fingerprint density at radius 1 is 1.50 bits per heavy atom. The monoisotopic (exact) mass is 144 g/mol. The summed E-state index contributed by atoms with van der Waals surface area (Å²) in [4.78, 5) is 2.04. The number of likely N-dealkylation sites (N-methyl/N-ethyl adjacent to an activating group) is 2. The van der Waals surface area contributed by atoms with Crippen LogP contribution in [0.15, 0.2) is 0 Å². The molecule has 0 aromatic rings. The van der Waals surface area contributed by atoms with E-state index in [1.165, 1.54) is 0 Å². The van der Waals surface area contributed by atoms with Gasteiger partial charge in [-0.1, -0.05) is 13.8 Å². The molecule has 10 heavy (non-hydrogen) atoms. The summed E-state index contributed by atoms with van der Waals surface area (Å²) in [5.74, 6) is 0.880. The first-order chi connectivity index (χ1) is 4.72. The van der Waals surface area contributed by atoms with Crippen LogP contribution in [0.25, 0.3) is 0 Å². The zero-order chi connectivity index (χ0) is 8.15. The number of hydrogen-bond acceptors (Lipinski definition) is 2. The Balaban J connectivity index is 0.000000371. The molecule has 1 heterocycles. The zero-order valence-electron chi connectivity index (χ0n) is 7.39. The van der Waals surface area contributed by atoms with Crippen LogP contribution in [0.1, 0.15) is 13.8 Å². The predicted molar refractivity (Wildman–Crippen MR) is 44.2 cm³/mol. The summed E-state index contributed by atoms with van der Waals surface area (Å²) in [6.45, 7) is 6.12.